The van der Waals surface area contributed by atoms with Crippen molar-refractivity contribution in [3.05, 3.63) is 29.6 Å². The first-order valence-corrected chi connectivity index (χ1v) is 6.59. The molecule has 23 heavy (non-hydrogen) atoms. The van der Waals surface area contributed by atoms with Gasteiger partial charge in [0.05, 0.1) is 18.2 Å². The highest BCUT2D eigenvalue weighted by molar-refractivity contribution is 5.94. The van der Waals surface area contributed by atoms with Gasteiger partial charge in [0.1, 0.15) is 0 Å². The Labute approximate surface area is 130 Å². The number of nitrogens with one attached hydrogen (secondary N) is 2. The van der Waals surface area contributed by atoms with Crippen LogP contribution in [0.3, 0.4) is 0 Å². The summed E-state index contributed by atoms with van der Waals surface area (Å²) in [4.78, 5) is 34.0. The third kappa shape index (κ3) is 5.61. The molecular formula is C14H15F3N2O4. The fourth-order valence-electron chi connectivity index (χ4n) is 1.35. The molecule has 1 aromatic rings. The molecule has 2 amide bonds. The molecule has 0 saturated carbocycles. The van der Waals surface area contributed by atoms with Crippen LogP contribution in [-0.4, -0.2) is 30.9 Å². The fraction of sp³-hybridized carbons (Fsp3) is 0.357. The van der Waals surface area contributed by atoms with Gasteiger partial charge < -0.3 is 15.4 Å². The van der Waals surface area contributed by atoms with Gasteiger partial charge in [-0.15, -0.1) is 0 Å². The summed E-state index contributed by atoms with van der Waals surface area (Å²) in [6.07, 6.45) is 0. The molecule has 9 heteroatoms. The Kier molecular flexibility index (Phi) is 6.55. The molecule has 126 valence electrons. The second-order valence-electron chi connectivity index (χ2n) is 4.81. The Morgan fingerprint density at radius 2 is 1.74 bits per heavy atom. The van der Waals surface area contributed by atoms with Crippen LogP contribution < -0.4 is 10.6 Å². The van der Waals surface area contributed by atoms with Crippen molar-refractivity contribution in [3.63, 3.8) is 0 Å². The smallest absolute Gasteiger partial charge is 0.308 e. The van der Waals surface area contributed by atoms with Gasteiger partial charge in [0.2, 0.25) is 5.91 Å². The lowest BCUT2D eigenvalue weighted by Crippen LogP contribution is -2.36. The Balaban J connectivity index is 2.44. The molecule has 0 bridgehead atoms. The van der Waals surface area contributed by atoms with Gasteiger partial charge >= 0.3 is 5.97 Å². The maximum atomic E-state index is 13.3. The van der Waals surface area contributed by atoms with Gasteiger partial charge in [0, 0.05) is 0 Å². The van der Waals surface area contributed by atoms with E-state index in [1.165, 1.54) is 0 Å². The van der Waals surface area contributed by atoms with Gasteiger partial charge in [-0.3, -0.25) is 14.4 Å². The summed E-state index contributed by atoms with van der Waals surface area (Å²) in [6, 6.07) is 1.50. The number of amides is 2. The second-order valence-corrected chi connectivity index (χ2v) is 4.81. The summed E-state index contributed by atoms with van der Waals surface area (Å²) in [5, 5.41) is 4.10. The highest BCUT2D eigenvalue weighted by atomic mass is 19.2. The van der Waals surface area contributed by atoms with E-state index in [1.807, 2.05) is 5.32 Å². The lowest BCUT2D eigenvalue weighted by Gasteiger charge is -2.09. The first kappa shape index (κ1) is 18.5. The summed E-state index contributed by atoms with van der Waals surface area (Å²) in [6.45, 7) is 2.05. The van der Waals surface area contributed by atoms with Crippen molar-refractivity contribution >= 4 is 23.5 Å². The number of carbonyl (C=O) groups is 3. The predicted octanol–water partition coefficient (Wildman–Crippen LogP) is 1.36. The van der Waals surface area contributed by atoms with Crippen LogP contribution in [0.15, 0.2) is 12.1 Å². The minimum absolute atomic E-state index is 0.401. The first-order chi connectivity index (χ1) is 10.7. The van der Waals surface area contributed by atoms with Crippen molar-refractivity contribution in [2.24, 2.45) is 5.92 Å². The van der Waals surface area contributed by atoms with Crippen LogP contribution in [0.2, 0.25) is 0 Å². The van der Waals surface area contributed by atoms with E-state index in [4.69, 9.17) is 0 Å². The lowest BCUT2D eigenvalue weighted by atomic mass is 10.2. The Morgan fingerprint density at radius 3 is 2.35 bits per heavy atom. The molecule has 1 rings (SSSR count). The number of carbonyl (C=O) groups excluding carboxylic acids is 3. The molecule has 1 aromatic carbocycles. The average Bonchev–Trinajstić information content (AvgIpc) is 2.51. The van der Waals surface area contributed by atoms with E-state index in [9.17, 15) is 27.6 Å². The Bertz CT molecular complexity index is 620. The van der Waals surface area contributed by atoms with Crippen LogP contribution in [0.4, 0.5) is 18.9 Å². The molecule has 0 aliphatic heterocycles. The standard InChI is InChI=1S/C14H15F3N2O4/c1-7(2)14(22)23-6-11(21)18-5-10(20)19-9-4-3-8(15)12(16)13(9)17/h3-4,7H,5-6H2,1-2H3,(H,18,21)(H,19,20). The molecule has 0 spiro atoms. The maximum absolute atomic E-state index is 13.3. The number of anilines is 1. The highest BCUT2D eigenvalue weighted by Gasteiger charge is 2.16. The number of halogens is 3. The second kappa shape index (κ2) is 8.16. The van der Waals surface area contributed by atoms with E-state index in [0.717, 1.165) is 6.07 Å². The van der Waals surface area contributed by atoms with Crippen LogP contribution in [0.25, 0.3) is 0 Å². The van der Waals surface area contributed by atoms with Gasteiger partial charge in [-0.2, -0.15) is 0 Å². The van der Waals surface area contributed by atoms with Crippen molar-refractivity contribution in [2.45, 2.75) is 13.8 Å². The number of esters is 1. The summed E-state index contributed by atoms with van der Waals surface area (Å²) in [5.41, 5.74) is -0.561. The molecule has 0 aromatic heterocycles. The zero-order valence-electron chi connectivity index (χ0n) is 12.4. The molecule has 0 fully saturated rings. The van der Waals surface area contributed by atoms with Gasteiger partial charge in [-0.1, -0.05) is 13.8 Å². The minimum Gasteiger partial charge on any atom is -0.455 e. The summed E-state index contributed by atoms with van der Waals surface area (Å²) in [5.74, 6) is -7.22. The number of rotatable bonds is 6. The number of benzene rings is 1. The van der Waals surface area contributed by atoms with Crippen LogP contribution in [0.1, 0.15) is 13.8 Å². The Morgan fingerprint density at radius 1 is 1.09 bits per heavy atom. The zero-order valence-corrected chi connectivity index (χ0v) is 12.4. The van der Waals surface area contributed by atoms with Crippen molar-refractivity contribution < 1.29 is 32.3 Å². The van der Waals surface area contributed by atoms with Gasteiger partial charge in [0.15, 0.2) is 24.1 Å². The number of hydrogen-bond donors (Lipinski definition) is 2. The van der Waals surface area contributed by atoms with E-state index in [1.54, 1.807) is 13.8 Å². The molecule has 0 saturated heterocycles. The molecule has 0 heterocycles. The largest absolute Gasteiger partial charge is 0.455 e. The highest BCUT2D eigenvalue weighted by Crippen LogP contribution is 2.19. The van der Waals surface area contributed by atoms with E-state index in [0.29, 0.717) is 6.07 Å². The topological polar surface area (TPSA) is 84.5 Å². The number of hydrogen-bond acceptors (Lipinski definition) is 4. The van der Waals surface area contributed by atoms with Gasteiger partial charge in [0.25, 0.3) is 5.91 Å². The minimum atomic E-state index is -1.72. The molecule has 0 aliphatic rings. The number of ether oxygens (including phenoxy) is 1. The zero-order chi connectivity index (χ0) is 17.6. The van der Waals surface area contributed by atoms with Crippen molar-refractivity contribution in [1.82, 2.24) is 5.32 Å². The summed E-state index contributed by atoms with van der Waals surface area (Å²) in [7, 11) is 0. The molecule has 2 N–H and O–H groups in total. The summed E-state index contributed by atoms with van der Waals surface area (Å²) >= 11 is 0. The normalized spacial score (nSPS) is 10.3. The quantitative estimate of drug-likeness (QED) is 0.608. The Hall–Kier alpha value is -2.58. The first-order valence-electron chi connectivity index (χ1n) is 6.59. The van der Waals surface area contributed by atoms with Crippen molar-refractivity contribution in [3.8, 4) is 0 Å². The fourth-order valence-corrected chi connectivity index (χ4v) is 1.35. The predicted molar refractivity (Wildman–Crippen MR) is 73.8 cm³/mol. The van der Waals surface area contributed by atoms with Crippen LogP contribution in [-0.2, 0) is 19.1 Å². The molecular weight excluding hydrogens is 317 g/mol. The monoisotopic (exact) mass is 332 g/mol. The summed E-state index contributed by atoms with van der Waals surface area (Å²) < 4.78 is 43.7. The van der Waals surface area contributed by atoms with Gasteiger partial charge in [-0.25, -0.2) is 13.2 Å². The van der Waals surface area contributed by atoms with Crippen LogP contribution in [0.5, 0.6) is 0 Å². The van der Waals surface area contributed by atoms with E-state index < -0.39 is 60.0 Å². The third-order valence-corrected chi connectivity index (χ3v) is 2.57. The van der Waals surface area contributed by atoms with E-state index in [2.05, 4.69) is 10.1 Å². The SMILES string of the molecule is CC(C)C(=O)OCC(=O)NCC(=O)Nc1ccc(F)c(F)c1F. The molecule has 0 radical (unpaired) electrons. The third-order valence-electron chi connectivity index (χ3n) is 2.57. The molecule has 0 unspecified atom stereocenters. The van der Waals surface area contributed by atoms with Crippen LogP contribution >= 0.6 is 0 Å². The average molecular weight is 332 g/mol. The van der Waals surface area contributed by atoms with Crippen molar-refractivity contribution in [2.75, 3.05) is 18.5 Å². The van der Waals surface area contributed by atoms with Crippen LogP contribution in [0, 0.1) is 23.4 Å². The van der Waals surface area contributed by atoms with Crippen molar-refractivity contribution in [1.29, 1.82) is 0 Å². The molecule has 0 aliphatic carbocycles. The van der Waals surface area contributed by atoms with Gasteiger partial charge in [-0.05, 0) is 12.1 Å². The van der Waals surface area contributed by atoms with E-state index in [-0.39, 0.29) is 0 Å². The molecule has 6 nitrogen and oxygen atoms in total. The lowest BCUT2D eigenvalue weighted by molar-refractivity contribution is -0.151. The molecule has 0 atom stereocenters. The van der Waals surface area contributed by atoms with E-state index >= 15 is 0 Å². The maximum Gasteiger partial charge on any atom is 0.308 e.